The van der Waals surface area contributed by atoms with E-state index in [1.807, 2.05) is 4.98 Å². The van der Waals surface area contributed by atoms with E-state index in [1.165, 1.54) is 0 Å². The second-order valence-electron chi connectivity index (χ2n) is 3.60. The Bertz CT molecular complexity index is 711. The van der Waals surface area contributed by atoms with Gasteiger partial charge in [-0.1, -0.05) is 33.6 Å². The fourth-order valence-corrected chi connectivity index (χ4v) is 2.17. The molecule has 0 unspecified atom stereocenters. The van der Waals surface area contributed by atoms with E-state index in [0.717, 1.165) is 15.2 Å². The predicted molar refractivity (Wildman–Crippen MR) is 69.5 cm³/mol. The van der Waals surface area contributed by atoms with Crippen LogP contribution in [-0.4, -0.2) is 9.55 Å². The Hall–Kier alpha value is -1.40. The third-order valence-corrected chi connectivity index (χ3v) is 3.17. The number of hydrogen-bond acceptors (Lipinski definition) is 2. The van der Waals surface area contributed by atoms with Crippen LogP contribution in [0.1, 0.15) is 5.56 Å². The average Bonchev–Trinajstić information content (AvgIpc) is 2.29. The number of halogens is 3. The van der Waals surface area contributed by atoms with E-state index in [4.69, 9.17) is 11.6 Å². The van der Waals surface area contributed by atoms with Crippen LogP contribution in [0.5, 0.6) is 0 Å². The molecule has 1 N–H and O–H groups in total. The minimum absolute atomic E-state index is 0.0820. The van der Waals surface area contributed by atoms with Gasteiger partial charge in [-0.15, -0.1) is 0 Å². The molecular formula is C11H7BrClFN2O2. The Morgan fingerprint density at radius 2 is 2.11 bits per heavy atom. The van der Waals surface area contributed by atoms with Crippen molar-refractivity contribution in [2.24, 2.45) is 0 Å². The van der Waals surface area contributed by atoms with Crippen LogP contribution in [0.4, 0.5) is 4.39 Å². The summed E-state index contributed by atoms with van der Waals surface area (Å²) in [7, 11) is 0. The summed E-state index contributed by atoms with van der Waals surface area (Å²) in [5.41, 5.74) is -1.06. The fourth-order valence-electron chi connectivity index (χ4n) is 1.43. The normalized spacial score (nSPS) is 10.6. The zero-order chi connectivity index (χ0) is 13.3. The van der Waals surface area contributed by atoms with E-state index in [-0.39, 0.29) is 6.54 Å². The van der Waals surface area contributed by atoms with Crippen LogP contribution in [0.15, 0.2) is 38.5 Å². The maximum Gasteiger partial charge on any atom is 0.328 e. The van der Waals surface area contributed by atoms with Crippen molar-refractivity contribution >= 4 is 27.5 Å². The summed E-state index contributed by atoms with van der Waals surface area (Å²) < 4.78 is 14.9. The van der Waals surface area contributed by atoms with Gasteiger partial charge in [0.1, 0.15) is 0 Å². The van der Waals surface area contributed by atoms with Crippen LogP contribution in [-0.2, 0) is 6.54 Å². The number of benzene rings is 1. The lowest BCUT2D eigenvalue weighted by Crippen LogP contribution is -2.31. The van der Waals surface area contributed by atoms with Gasteiger partial charge in [0.15, 0.2) is 0 Å². The Balaban J connectivity index is 2.43. The molecule has 2 aromatic rings. The van der Waals surface area contributed by atoms with Gasteiger partial charge in [-0.2, -0.15) is 4.39 Å². The Morgan fingerprint density at radius 3 is 2.78 bits per heavy atom. The zero-order valence-corrected chi connectivity index (χ0v) is 11.3. The lowest BCUT2D eigenvalue weighted by atomic mass is 10.2. The lowest BCUT2D eigenvalue weighted by molar-refractivity contribution is 0.566. The molecule has 4 nitrogen and oxygen atoms in total. The lowest BCUT2D eigenvalue weighted by Gasteiger charge is -2.07. The van der Waals surface area contributed by atoms with Gasteiger partial charge in [-0.25, -0.2) is 4.79 Å². The van der Waals surface area contributed by atoms with E-state index in [9.17, 15) is 14.0 Å². The highest BCUT2D eigenvalue weighted by atomic mass is 79.9. The molecule has 1 aromatic heterocycles. The van der Waals surface area contributed by atoms with Crippen LogP contribution in [0.2, 0.25) is 5.02 Å². The van der Waals surface area contributed by atoms with E-state index in [1.54, 1.807) is 18.2 Å². The number of aromatic amines is 1. The highest BCUT2D eigenvalue weighted by Crippen LogP contribution is 2.21. The first-order chi connectivity index (χ1) is 8.47. The number of nitrogens with zero attached hydrogens (tertiary/aromatic N) is 1. The van der Waals surface area contributed by atoms with Gasteiger partial charge in [0.2, 0.25) is 5.82 Å². The molecule has 2 rings (SSSR count). The second-order valence-corrected chi connectivity index (χ2v) is 4.92. The fraction of sp³-hybridized carbons (Fsp3) is 0.0909. The summed E-state index contributed by atoms with van der Waals surface area (Å²) in [6.45, 7) is 0.0820. The zero-order valence-electron chi connectivity index (χ0n) is 8.91. The Morgan fingerprint density at radius 1 is 1.39 bits per heavy atom. The molecule has 0 atom stereocenters. The molecule has 0 aliphatic heterocycles. The van der Waals surface area contributed by atoms with E-state index in [0.29, 0.717) is 10.6 Å². The van der Waals surface area contributed by atoms with E-state index >= 15 is 0 Å². The first-order valence-electron chi connectivity index (χ1n) is 4.90. The maximum absolute atomic E-state index is 13.1. The highest BCUT2D eigenvalue weighted by molar-refractivity contribution is 9.10. The molecule has 18 heavy (non-hydrogen) atoms. The van der Waals surface area contributed by atoms with Crippen molar-refractivity contribution in [3.8, 4) is 0 Å². The maximum atomic E-state index is 13.1. The first-order valence-corrected chi connectivity index (χ1v) is 6.07. The predicted octanol–water partition coefficient (Wildman–Crippen LogP) is 2.14. The number of rotatable bonds is 2. The molecule has 7 heteroatoms. The van der Waals surface area contributed by atoms with Crippen molar-refractivity contribution in [3.63, 3.8) is 0 Å². The quantitative estimate of drug-likeness (QED) is 0.915. The first kappa shape index (κ1) is 13.0. The molecule has 0 saturated heterocycles. The van der Waals surface area contributed by atoms with Gasteiger partial charge >= 0.3 is 5.69 Å². The molecule has 0 aliphatic rings. The number of H-pyrrole nitrogens is 1. The molecule has 0 fully saturated rings. The number of aromatic nitrogens is 2. The van der Waals surface area contributed by atoms with Gasteiger partial charge in [0.25, 0.3) is 5.56 Å². The van der Waals surface area contributed by atoms with Gasteiger partial charge in [-0.3, -0.25) is 14.3 Å². The van der Waals surface area contributed by atoms with Gasteiger partial charge in [0.05, 0.1) is 12.7 Å². The SMILES string of the molecule is O=c1[nH]c(=O)n(Cc2ccc(Br)cc2Cl)cc1F. The van der Waals surface area contributed by atoms with E-state index in [2.05, 4.69) is 15.9 Å². The topological polar surface area (TPSA) is 54.9 Å². The standard InChI is InChI=1S/C11H7BrClFN2O2/c12-7-2-1-6(8(13)3-7)4-16-5-9(14)10(17)15-11(16)18/h1-3,5H,4H2,(H,15,17,18). The van der Waals surface area contributed by atoms with Crippen LogP contribution < -0.4 is 11.2 Å². The molecule has 0 spiro atoms. The Labute approximate surface area is 114 Å². The van der Waals surface area contributed by atoms with Crippen LogP contribution >= 0.6 is 27.5 Å². The van der Waals surface area contributed by atoms with Crippen molar-refractivity contribution in [2.75, 3.05) is 0 Å². The molecule has 1 heterocycles. The third kappa shape index (κ3) is 2.70. The van der Waals surface area contributed by atoms with Crippen molar-refractivity contribution in [3.05, 3.63) is 66.1 Å². The summed E-state index contributed by atoms with van der Waals surface area (Å²) in [5, 5.41) is 0.447. The number of hydrogen-bond donors (Lipinski definition) is 1. The number of nitrogens with one attached hydrogen (secondary N) is 1. The van der Waals surface area contributed by atoms with Crippen molar-refractivity contribution < 1.29 is 4.39 Å². The summed E-state index contributed by atoms with van der Waals surface area (Å²) in [5.74, 6) is -1.01. The molecule has 1 aromatic carbocycles. The van der Waals surface area contributed by atoms with Crippen molar-refractivity contribution in [1.82, 2.24) is 9.55 Å². The molecular weight excluding hydrogens is 326 g/mol. The van der Waals surface area contributed by atoms with Crippen LogP contribution in [0.3, 0.4) is 0 Å². The smallest absolute Gasteiger partial charge is 0.293 e. The molecule has 0 bridgehead atoms. The van der Waals surface area contributed by atoms with Crippen LogP contribution in [0, 0.1) is 5.82 Å². The minimum Gasteiger partial charge on any atom is -0.293 e. The third-order valence-electron chi connectivity index (χ3n) is 2.32. The van der Waals surface area contributed by atoms with Gasteiger partial charge < -0.3 is 0 Å². The Kier molecular flexibility index (Phi) is 3.68. The summed E-state index contributed by atoms with van der Waals surface area (Å²) in [6, 6.07) is 5.14. The minimum atomic E-state index is -1.03. The van der Waals surface area contributed by atoms with Crippen LogP contribution in [0.25, 0.3) is 0 Å². The molecule has 0 radical (unpaired) electrons. The average molecular weight is 334 g/mol. The molecule has 0 amide bonds. The van der Waals surface area contributed by atoms with Gasteiger partial charge in [0, 0.05) is 9.50 Å². The van der Waals surface area contributed by atoms with E-state index < -0.39 is 17.1 Å². The summed E-state index contributed by atoms with van der Waals surface area (Å²) >= 11 is 9.25. The molecule has 0 aliphatic carbocycles. The van der Waals surface area contributed by atoms with Crippen molar-refractivity contribution in [1.29, 1.82) is 0 Å². The van der Waals surface area contributed by atoms with Gasteiger partial charge in [-0.05, 0) is 17.7 Å². The second kappa shape index (κ2) is 5.07. The molecule has 0 saturated carbocycles. The highest BCUT2D eigenvalue weighted by Gasteiger charge is 2.07. The summed E-state index contributed by atoms with van der Waals surface area (Å²) in [6.07, 6.45) is 0.861. The molecule has 94 valence electrons. The largest absolute Gasteiger partial charge is 0.328 e. The summed E-state index contributed by atoms with van der Waals surface area (Å²) in [4.78, 5) is 24.2. The monoisotopic (exact) mass is 332 g/mol. The van der Waals surface area contributed by atoms with Crippen molar-refractivity contribution in [2.45, 2.75) is 6.54 Å².